The van der Waals surface area contributed by atoms with E-state index in [1.165, 1.54) is 4.88 Å². The Morgan fingerprint density at radius 2 is 2.06 bits per heavy atom. The summed E-state index contributed by atoms with van der Waals surface area (Å²) in [4.78, 5) is 12.9. The van der Waals surface area contributed by atoms with Crippen LogP contribution in [0.25, 0.3) is 6.08 Å². The molecule has 1 aromatic rings. The average Bonchev–Trinajstić information content (AvgIpc) is 2.63. The Labute approximate surface area is 113 Å². The molecular weight excluding hydrogens is 246 g/mol. The molecule has 1 rings (SSSR count). The molecule has 0 N–H and O–H groups in total. The van der Waals surface area contributed by atoms with E-state index in [0.29, 0.717) is 18.0 Å². The van der Waals surface area contributed by atoms with Gasteiger partial charge in [0.1, 0.15) is 0 Å². The topological polar surface area (TPSA) is 43.1 Å². The molecule has 0 aliphatic carbocycles. The first kappa shape index (κ1) is 14.9. The van der Waals surface area contributed by atoms with Crippen LogP contribution in [0.5, 0.6) is 0 Å². The van der Waals surface area contributed by atoms with Crippen LogP contribution in [0, 0.1) is 16.0 Å². The zero-order valence-corrected chi connectivity index (χ0v) is 12.5. The summed E-state index contributed by atoms with van der Waals surface area (Å²) in [6.07, 6.45) is 2.22. The molecule has 0 radical (unpaired) electrons. The summed E-state index contributed by atoms with van der Waals surface area (Å²) < 4.78 is 0. The molecule has 0 unspecified atom stereocenters. The summed E-state index contributed by atoms with van der Waals surface area (Å²) in [5.41, 5.74) is 0.399. The number of thiophene rings is 1. The highest BCUT2D eigenvalue weighted by Gasteiger charge is 2.17. The van der Waals surface area contributed by atoms with Crippen molar-refractivity contribution in [1.29, 1.82) is 0 Å². The van der Waals surface area contributed by atoms with Crippen molar-refractivity contribution in [2.75, 3.05) is 0 Å². The van der Waals surface area contributed by atoms with E-state index in [0.717, 1.165) is 4.88 Å². The SMILES string of the molecule is CC(C)C/C(=C/c1ccc(C(C)(C)C)s1)[N+](=O)[O-]. The van der Waals surface area contributed by atoms with Crippen LogP contribution in [0.3, 0.4) is 0 Å². The van der Waals surface area contributed by atoms with Crippen molar-refractivity contribution in [3.05, 3.63) is 37.7 Å². The second-order valence-corrected chi connectivity index (χ2v) is 7.06. The molecule has 0 fully saturated rings. The van der Waals surface area contributed by atoms with E-state index in [-0.39, 0.29) is 10.3 Å². The standard InChI is InChI=1S/C14H21NO2S/c1-10(2)8-11(15(16)17)9-12-6-7-13(18-12)14(3,4)5/h6-7,9-10H,8H2,1-5H3/b11-9-. The van der Waals surface area contributed by atoms with Crippen LogP contribution in [0.2, 0.25) is 0 Å². The molecule has 0 amide bonds. The lowest BCUT2D eigenvalue weighted by Gasteiger charge is -2.15. The van der Waals surface area contributed by atoms with E-state index >= 15 is 0 Å². The number of hydrogen-bond acceptors (Lipinski definition) is 3. The number of nitro groups is 1. The van der Waals surface area contributed by atoms with Gasteiger partial charge < -0.3 is 0 Å². The van der Waals surface area contributed by atoms with Crippen LogP contribution in [0.4, 0.5) is 0 Å². The Bertz CT molecular complexity index is 453. The van der Waals surface area contributed by atoms with Crippen molar-refractivity contribution in [1.82, 2.24) is 0 Å². The van der Waals surface area contributed by atoms with Gasteiger partial charge in [-0.2, -0.15) is 0 Å². The second-order valence-electron chi connectivity index (χ2n) is 5.94. The van der Waals surface area contributed by atoms with Crippen molar-refractivity contribution < 1.29 is 4.92 Å². The molecule has 4 heteroatoms. The second kappa shape index (κ2) is 5.65. The molecule has 0 bridgehead atoms. The zero-order chi connectivity index (χ0) is 13.9. The molecule has 0 aliphatic heterocycles. The van der Waals surface area contributed by atoms with Gasteiger partial charge in [-0.3, -0.25) is 10.1 Å². The Morgan fingerprint density at radius 1 is 1.44 bits per heavy atom. The average molecular weight is 267 g/mol. The molecule has 0 saturated carbocycles. The Morgan fingerprint density at radius 3 is 2.44 bits per heavy atom. The van der Waals surface area contributed by atoms with Gasteiger partial charge >= 0.3 is 0 Å². The highest BCUT2D eigenvalue weighted by molar-refractivity contribution is 7.13. The van der Waals surface area contributed by atoms with Crippen LogP contribution >= 0.6 is 11.3 Å². The summed E-state index contributed by atoms with van der Waals surface area (Å²) in [7, 11) is 0. The number of allylic oxidation sites excluding steroid dienone is 1. The Kier molecular flexibility index (Phi) is 4.68. The predicted molar refractivity (Wildman–Crippen MR) is 77.4 cm³/mol. The summed E-state index contributed by atoms with van der Waals surface area (Å²) >= 11 is 1.63. The minimum Gasteiger partial charge on any atom is -0.259 e. The molecule has 1 heterocycles. The Balaban J connectivity index is 2.99. The van der Waals surface area contributed by atoms with Crippen LogP contribution in [0.1, 0.15) is 50.8 Å². The van der Waals surface area contributed by atoms with E-state index in [1.54, 1.807) is 17.4 Å². The van der Waals surface area contributed by atoms with Crippen molar-refractivity contribution in [3.8, 4) is 0 Å². The van der Waals surface area contributed by atoms with Gasteiger partial charge in [0, 0.05) is 22.3 Å². The first-order valence-electron chi connectivity index (χ1n) is 6.15. The minimum atomic E-state index is -0.267. The van der Waals surface area contributed by atoms with Gasteiger partial charge in [0.15, 0.2) is 0 Å². The molecule has 3 nitrogen and oxygen atoms in total. The van der Waals surface area contributed by atoms with Gasteiger partial charge in [-0.1, -0.05) is 34.6 Å². The zero-order valence-electron chi connectivity index (χ0n) is 11.7. The first-order valence-corrected chi connectivity index (χ1v) is 6.97. The number of rotatable bonds is 4. The number of nitrogens with zero attached hydrogens (tertiary/aromatic N) is 1. The molecule has 0 aromatic carbocycles. The molecular formula is C14H21NO2S. The normalized spacial score (nSPS) is 13.1. The lowest BCUT2D eigenvalue weighted by molar-refractivity contribution is -0.427. The van der Waals surface area contributed by atoms with Crippen molar-refractivity contribution in [3.63, 3.8) is 0 Å². The van der Waals surface area contributed by atoms with Crippen LogP contribution in [0.15, 0.2) is 17.8 Å². The third-order valence-electron chi connectivity index (χ3n) is 2.53. The van der Waals surface area contributed by atoms with Crippen LogP contribution < -0.4 is 0 Å². The maximum absolute atomic E-state index is 11.0. The lowest BCUT2D eigenvalue weighted by atomic mass is 9.95. The maximum Gasteiger partial charge on any atom is 0.247 e. The molecule has 100 valence electrons. The molecule has 0 saturated heterocycles. The van der Waals surface area contributed by atoms with Gasteiger partial charge in [0.05, 0.1) is 4.92 Å². The third kappa shape index (κ3) is 4.26. The summed E-state index contributed by atoms with van der Waals surface area (Å²) in [5, 5.41) is 11.0. The monoisotopic (exact) mass is 267 g/mol. The van der Waals surface area contributed by atoms with E-state index in [1.807, 2.05) is 19.9 Å². The highest BCUT2D eigenvalue weighted by Crippen LogP contribution is 2.31. The van der Waals surface area contributed by atoms with E-state index in [2.05, 4.69) is 26.8 Å². The first-order chi connectivity index (χ1) is 8.20. The van der Waals surface area contributed by atoms with E-state index in [4.69, 9.17) is 0 Å². The van der Waals surface area contributed by atoms with E-state index < -0.39 is 0 Å². The van der Waals surface area contributed by atoms with Gasteiger partial charge in [0.2, 0.25) is 5.70 Å². The van der Waals surface area contributed by atoms with Gasteiger partial charge in [-0.25, -0.2) is 0 Å². The third-order valence-corrected chi connectivity index (χ3v) is 3.98. The van der Waals surface area contributed by atoms with Gasteiger partial charge in [-0.05, 0) is 23.5 Å². The van der Waals surface area contributed by atoms with Gasteiger partial charge in [-0.15, -0.1) is 11.3 Å². The maximum atomic E-state index is 11.0. The highest BCUT2D eigenvalue weighted by atomic mass is 32.1. The fraction of sp³-hybridized carbons (Fsp3) is 0.571. The van der Waals surface area contributed by atoms with Crippen LogP contribution in [-0.4, -0.2) is 4.92 Å². The molecule has 0 aliphatic rings. The van der Waals surface area contributed by atoms with E-state index in [9.17, 15) is 10.1 Å². The molecule has 1 aromatic heterocycles. The minimum absolute atomic E-state index is 0.101. The largest absolute Gasteiger partial charge is 0.259 e. The summed E-state index contributed by atoms with van der Waals surface area (Å²) in [5.74, 6) is 0.295. The quantitative estimate of drug-likeness (QED) is 0.585. The molecule has 0 spiro atoms. The van der Waals surface area contributed by atoms with Gasteiger partial charge in [0.25, 0.3) is 0 Å². The predicted octanol–water partition coefficient (Wildman–Crippen LogP) is 4.71. The van der Waals surface area contributed by atoms with Crippen molar-refractivity contribution in [2.45, 2.75) is 46.5 Å². The smallest absolute Gasteiger partial charge is 0.247 e. The van der Waals surface area contributed by atoms with Crippen molar-refractivity contribution >= 4 is 17.4 Å². The number of hydrogen-bond donors (Lipinski definition) is 0. The molecule has 0 atom stereocenters. The fourth-order valence-electron chi connectivity index (χ4n) is 1.60. The fourth-order valence-corrected chi connectivity index (χ4v) is 2.63. The Hall–Kier alpha value is -1.16. The summed E-state index contributed by atoms with van der Waals surface area (Å²) in [6, 6.07) is 4.03. The lowest BCUT2D eigenvalue weighted by Crippen LogP contribution is -2.07. The van der Waals surface area contributed by atoms with Crippen LogP contribution in [-0.2, 0) is 5.41 Å². The van der Waals surface area contributed by atoms with Crippen molar-refractivity contribution in [2.24, 2.45) is 5.92 Å². The summed E-state index contributed by atoms with van der Waals surface area (Å²) in [6.45, 7) is 10.4. The molecule has 18 heavy (non-hydrogen) atoms.